The number of benzene rings is 10. The molecule has 1 nitrogen and oxygen atoms in total. The molecule has 0 amide bonds. The summed E-state index contributed by atoms with van der Waals surface area (Å²) >= 11 is 3.76. The minimum Gasteiger partial charge on any atom is -0.336 e. The van der Waals surface area contributed by atoms with Gasteiger partial charge in [-0.25, -0.2) is 0 Å². The molecule has 0 atom stereocenters. The third-order valence-corrected chi connectivity index (χ3v) is 14.7. The van der Waals surface area contributed by atoms with Crippen molar-refractivity contribution in [3.63, 3.8) is 0 Å². The molecule has 0 spiro atoms. The van der Waals surface area contributed by atoms with Crippen LogP contribution in [-0.4, -0.2) is 0 Å². The zero-order chi connectivity index (χ0) is 41.0. The van der Waals surface area contributed by atoms with Gasteiger partial charge in [0.1, 0.15) is 0 Å². The van der Waals surface area contributed by atoms with Crippen molar-refractivity contribution in [1.29, 1.82) is 0 Å². The molecule has 0 aliphatic carbocycles. The standard InChI is InChI=1S/C59H39NS2/c1-3-23-45-39(16-1)18-13-29-48(45)49-25-5-8-32-54(49)60(38-43-17-2-4-24-46(43)51-30-15-35-57-58(51)53-27-7-10-34-56(53)61-57)44-22-12-20-41(37-44)40-19-11-21-42(36-40)47-28-14-31-52-50-26-6-9-33-55(50)62-59(47)52/h1-37H,38H2. The van der Waals surface area contributed by atoms with Gasteiger partial charge in [-0.15, -0.1) is 22.7 Å². The van der Waals surface area contributed by atoms with E-state index in [-0.39, 0.29) is 0 Å². The predicted molar refractivity (Wildman–Crippen MR) is 270 cm³/mol. The van der Waals surface area contributed by atoms with Gasteiger partial charge in [0, 0.05) is 63.8 Å². The fourth-order valence-corrected chi connectivity index (χ4v) is 11.9. The van der Waals surface area contributed by atoms with Crippen LogP contribution < -0.4 is 4.90 Å². The van der Waals surface area contributed by atoms with Crippen LogP contribution in [0.25, 0.3) is 95.6 Å². The molecule has 62 heavy (non-hydrogen) atoms. The monoisotopic (exact) mass is 825 g/mol. The van der Waals surface area contributed by atoms with E-state index in [1.165, 1.54) is 107 Å². The van der Waals surface area contributed by atoms with Gasteiger partial charge in [-0.05, 0) is 97.7 Å². The largest absolute Gasteiger partial charge is 0.336 e. The average molecular weight is 826 g/mol. The highest BCUT2D eigenvalue weighted by Gasteiger charge is 2.21. The van der Waals surface area contributed by atoms with Crippen molar-refractivity contribution >= 4 is 85.2 Å². The molecule has 292 valence electrons. The minimum absolute atomic E-state index is 0.674. The van der Waals surface area contributed by atoms with Crippen LogP contribution in [0.5, 0.6) is 0 Å². The van der Waals surface area contributed by atoms with Crippen LogP contribution in [-0.2, 0) is 6.54 Å². The van der Waals surface area contributed by atoms with Crippen LogP contribution in [0.4, 0.5) is 11.4 Å². The second-order valence-corrected chi connectivity index (χ2v) is 18.1. The summed E-state index contributed by atoms with van der Waals surface area (Å²) in [7, 11) is 0. The van der Waals surface area contributed by atoms with Gasteiger partial charge in [0.15, 0.2) is 0 Å². The van der Waals surface area contributed by atoms with Crippen molar-refractivity contribution in [2.75, 3.05) is 4.90 Å². The van der Waals surface area contributed by atoms with Crippen molar-refractivity contribution in [3.8, 4) is 44.5 Å². The lowest BCUT2D eigenvalue weighted by Crippen LogP contribution is -2.18. The van der Waals surface area contributed by atoms with Gasteiger partial charge in [0.2, 0.25) is 0 Å². The molecule has 10 aromatic carbocycles. The summed E-state index contributed by atoms with van der Waals surface area (Å²) in [5.41, 5.74) is 13.4. The van der Waals surface area contributed by atoms with Crippen LogP contribution in [0.2, 0.25) is 0 Å². The number of rotatable bonds is 8. The summed E-state index contributed by atoms with van der Waals surface area (Å²) in [6.45, 7) is 0.674. The molecule has 0 fully saturated rings. The van der Waals surface area contributed by atoms with Gasteiger partial charge in [-0.1, -0.05) is 182 Å². The lowest BCUT2D eigenvalue weighted by atomic mass is 9.93. The third-order valence-electron chi connectivity index (χ3n) is 12.4. The fraction of sp³-hybridized carbons (Fsp3) is 0.0169. The summed E-state index contributed by atoms with van der Waals surface area (Å²) in [6.07, 6.45) is 0. The van der Waals surface area contributed by atoms with E-state index in [1.807, 2.05) is 22.7 Å². The molecule has 0 unspecified atom stereocenters. The van der Waals surface area contributed by atoms with E-state index in [0.717, 1.165) is 5.69 Å². The number of nitrogens with zero attached hydrogens (tertiary/aromatic N) is 1. The summed E-state index contributed by atoms with van der Waals surface area (Å²) in [6, 6.07) is 82.7. The van der Waals surface area contributed by atoms with Crippen LogP contribution >= 0.6 is 22.7 Å². The molecule has 0 saturated carbocycles. The molecule has 0 aliphatic rings. The first kappa shape index (κ1) is 36.5. The Morgan fingerprint density at radius 2 is 0.903 bits per heavy atom. The van der Waals surface area contributed by atoms with E-state index in [0.29, 0.717) is 6.54 Å². The lowest BCUT2D eigenvalue weighted by molar-refractivity contribution is 0.979. The van der Waals surface area contributed by atoms with Crippen LogP contribution in [0.3, 0.4) is 0 Å². The first-order chi connectivity index (χ1) is 30.7. The Balaban J connectivity index is 1.02. The van der Waals surface area contributed by atoms with Gasteiger partial charge in [-0.2, -0.15) is 0 Å². The zero-order valence-corrected chi connectivity index (χ0v) is 35.5. The van der Waals surface area contributed by atoms with Crippen molar-refractivity contribution in [1.82, 2.24) is 0 Å². The molecule has 3 heteroatoms. The van der Waals surface area contributed by atoms with Gasteiger partial charge >= 0.3 is 0 Å². The van der Waals surface area contributed by atoms with E-state index in [2.05, 4.69) is 229 Å². The Hall–Kier alpha value is -7.30. The number of anilines is 2. The maximum atomic E-state index is 2.53. The first-order valence-electron chi connectivity index (χ1n) is 21.2. The summed E-state index contributed by atoms with van der Waals surface area (Å²) in [4.78, 5) is 2.53. The van der Waals surface area contributed by atoms with E-state index in [9.17, 15) is 0 Å². The summed E-state index contributed by atoms with van der Waals surface area (Å²) in [5, 5.41) is 7.77. The second kappa shape index (κ2) is 15.3. The predicted octanol–water partition coefficient (Wildman–Crippen LogP) is 17.6. The van der Waals surface area contributed by atoms with Crippen LogP contribution in [0.15, 0.2) is 224 Å². The molecular weight excluding hydrogens is 787 g/mol. The van der Waals surface area contributed by atoms with E-state index >= 15 is 0 Å². The fourth-order valence-electron chi connectivity index (χ4n) is 9.50. The molecule has 0 saturated heterocycles. The van der Waals surface area contributed by atoms with Crippen LogP contribution in [0.1, 0.15) is 5.56 Å². The number of hydrogen-bond donors (Lipinski definition) is 0. The summed E-state index contributed by atoms with van der Waals surface area (Å²) < 4.78 is 5.29. The number of fused-ring (bicyclic) bond motifs is 7. The van der Waals surface area contributed by atoms with Crippen molar-refractivity contribution < 1.29 is 0 Å². The topological polar surface area (TPSA) is 3.24 Å². The highest BCUT2D eigenvalue weighted by Crippen LogP contribution is 2.45. The smallest absolute Gasteiger partial charge is 0.0493 e. The van der Waals surface area contributed by atoms with Gasteiger partial charge in [0.05, 0.1) is 0 Å². The quantitative estimate of drug-likeness (QED) is 0.148. The number of para-hydroxylation sites is 1. The van der Waals surface area contributed by atoms with Crippen molar-refractivity contribution in [2.45, 2.75) is 6.54 Å². The van der Waals surface area contributed by atoms with E-state index < -0.39 is 0 Å². The Bertz CT molecular complexity index is 3640. The molecule has 2 heterocycles. The maximum Gasteiger partial charge on any atom is 0.0493 e. The third kappa shape index (κ3) is 6.29. The second-order valence-electron chi connectivity index (χ2n) is 16.0. The molecule has 0 radical (unpaired) electrons. The molecule has 0 N–H and O–H groups in total. The van der Waals surface area contributed by atoms with E-state index in [1.54, 1.807) is 0 Å². The summed E-state index contributed by atoms with van der Waals surface area (Å²) in [5.74, 6) is 0. The normalized spacial score (nSPS) is 11.6. The molecular formula is C59H39NS2. The van der Waals surface area contributed by atoms with Gasteiger partial charge in [-0.3, -0.25) is 0 Å². The Morgan fingerprint density at radius 1 is 0.339 bits per heavy atom. The Morgan fingerprint density at radius 3 is 1.81 bits per heavy atom. The zero-order valence-electron chi connectivity index (χ0n) is 33.8. The van der Waals surface area contributed by atoms with Gasteiger partial charge < -0.3 is 4.90 Å². The first-order valence-corrected chi connectivity index (χ1v) is 22.8. The Labute approximate surface area is 369 Å². The lowest BCUT2D eigenvalue weighted by Gasteiger charge is -2.29. The Kier molecular flexibility index (Phi) is 9.02. The van der Waals surface area contributed by atoms with Crippen molar-refractivity contribution in [2.24, 2.45) is 0 Å². The van der Waals surface area contributed by atoms with Crippen molar-refractivity contribution in [3.05, 3.63) is 230 Å². The highest BCUT2D eigenvalue weighted by molar-refractivity contribution is 7.26. The molecule has 2 aromatic heterocycles. The molecule has 12 rings (SSSR count). The molecule has 0 bridgehead atoms. The number of hydrogen-bond acceptors (Lipinski definition) is 3. The van der Waals surface area contributed by atoms with E-state index in [4.69, 9.17) is 0 Å². The minimum atomic E-state index is 0.674. The molecule has 12 aromatic rings. The van der Waals surface area contributed by atoms with Crippen LogP contribution in [0, 0.1) is 0 Å². The molecule has 0 aliphatic heterocycles. The SMILES string of the molecule is c1cc(-c2cccc(N(Cc3ccccc3-c3cccc4sc5ccccc5c34)c3ccccc3-c3cccc4ccccc34)c2)cc(-c2cccc3c2sc2ccccc23)c1. The maximum absolute atomic E-state index is 2.53. The highest BCUT2D eigenvalue weighted by atomic mass is 32.1. The van der Waals surface area contributed by atoms with Gasteiger partial charge in [0.25, 0.3) is 0 Å². The number of thiophene rings is 2. The average Bonchev–Trinajstić information content (AvgIpc) is 3.92.